The number of hydrogen-bond acceptors (Lipinski definition) is 6. The van der Waals surface area contributed by atoms with E-state index in [-0.39, 0.29) is 43.1 Å². The molecule has 0 atom stereocenters. The number of aromatic nitrogens is 2. The molecule has 1 amide bonds. The van der Waals surface area contributed by atoms with Crippen molar-refractivity contribution >= 4 is 17.6 Å². The molecule has 1 aromatic carbocycles. The summed E-state index contributed by atoms with van der Waals surface area (Å²) in [6.07, 6.45) is 2.48. The second-order valence-corrected chi connectivity index (χ2v) is 11.7. The number of alkyl halides is 3. The molecule has 0 unspecified atom stereocenters. The minimum absolute atomic E-state index is 0.0107. The Hall–Kier alpha value is -3.08. The Morgan fingerprint density at radius 1 is 1.12 bits per heavy atom. The van der Waals surface area contributed by atoms with Crippen molar-refractivity contribution in [3.8, 4) is 5.75 Å². The van der Waals surface area contributed by atoms with Gasteiger partial charge in [0.05, 0.1) is 19.0 Å². The average molecular weight is 565 g/mol. The van der Waals surface area contributed by atoms with E-state index in [1.165, 1.54) is 10.9 Å². The fourth-order valence-electron chi connectivity index (χ4n) is 5.26. The first-order valence-corrected chi connectivity index (χ1v) is 13.9. The maximum atomic E-state index is 13.7. The molecule has 1 saturated carbocycles. The Morgan fingerprint density at radius 2 is 1.85 bits per heavy atom. The van der Waals surface area contributed by atoms with Crippen molar-refractivity contribution in [2.24, 2.45) is 0 Å². The number of carbonyl (C=O) groups excluding carboxylic acids is 2. The highest BCUT2D eigenvalue weighted by atomic mass is 19.4. The van der Waals surface area contributed by atoms with Crippen LogP contribution in [0.3, 0.4) is 0 Å². The number of esters is 1. The summed E-state index contributed by atoms with van der Waals surface area (Å²) < 4.78 is 53.7. The molecule has 4 rings (SSSR count). The van der Waals surface area contributed by atoms with Crippen molar-refractivity contribution < 1.29 is 32.2 Å². The van der Waals surface area contributed by atoms with Crippen LogP contribution in [-0.2, 0) is 33.5 Å². The quantitative estimate of drug-likeness (QED) is 0.373. The summed E-state index contributed by atoms with van der Waals surface area (Å²) >= 11 is 0. The van der Waals surface area contributed by atoms with Crippen molar-refractivity contribution in [2.75, 3.05) is 31.6 Å². The molecule has 0 N–H and O–H groups in total. The Labute approximate surface area is 233 Å². The zero-order chi connectivity index (χ0) is 29.1. The van der Waals surface area contributed by atoms with E-state index in [4.69, 9.17) is 9.47 Å². The van der Waals surface area contributed by atoms with Gasteiger partial charge >= 0.3 is 12.1 Å². The van der Waals surface area contributed by atoms with E-state index >= 15 is 0 Å². The van der Waals surface area contributed by atoms with E-state index < -0.39 is 17.5 Å². The van der Waals surface area contributed by atoms with Gasteiger partial charge < -0.3 is 14.4 Å². The predicted molar refractivity (Wildman–Crippen MR) is 144 cm³/mol. The summed E-state index contributed by atoms with van der Waals surface area (Å²) in [4.78, 5) is 28.4. The van der Waals surface area contributed by atoms with Crippen LogP contribution in [0.25, 0.3) is 0 Å². The number of hydrogen-bond donors (Lipinski definition) is 0. The molecule has 8 nitrogen and oxygen atoms in total. The Bertz CT molecular complexity index is 1200. The van der Waals surface area contributed by atoms with Gasteiger partial charge in [0.1, 0.15) is 18.0 Å². The first-order chi connectivity index (χ1) is 18.8. The van der Waals surface area contributed by atoms with E-state index in [2.05, 4.69) is 5.10 Å². The zero-order valence-corrected chi connectivity index (χ0v) is 23.7. The summed E-state index contributed by atoms with van der Waals surface area (Å²) in [5.41, 5.74) is 0.233. The monoisotopic (exact) mass is 564 g/mol. The molecular formula is C29H39F3N4O4. The Balaban J connectivity index is 1.35. The number of amides is 1. The highest BCUT2D eigenvalue weighted by Gasteiger charge is 2.38. The standard InChI is InChI=1S/C29H39F3N4O4/c1-28(2,3)40-26(38)13-14-34(4)18-25(37)35-15-12-20-16-23(10-11-24(20)35)39-19-21-17-36(22-8-6-5-7-9-22)33-27(21)29(30,31)32/h10-11,16-17,22H,5-9,12-15,18-19H2,1-4H3. The van der Waals surface area contributed by atoms with Crippen LogP contribution in [0.4, 0.5) is 18.9 Å². The molecule has 40 heavy (non-hydrogen) atoms. The molecule has 1 aromatic heterocycles. The number of anilines is 1. The van der Waals surface area contributed by atoms with Crippen LogP contribution in [-0.4, -0.2) is 58.8 Å². The molecule has 0 saturated heterocycles. The van der Waals surface area contributed by atoms with Crippen molar-refractivity contribution in [3.05, 3.63) is 41.2 Å². The number of fused-ring (bicyclic) bond motifs is 1. The summed E-state index contributed by atoms with van der Waals surface area (Å²) in [7, 11) is 1.78. The third-order valence-electron chi connectivity index (χ3n) is 7.19. The lowest BCUT2D eigenvalue weighted by Gasteiger charge is -2.23. The van der Waals surface area contributed by atoms with Crippen LogP contribution in [0.15, 0.2) is 24.4 Å². The Morgan fingerprint density at radius 3 is 2.52 bits per heavy atom. The number of carbonyl (C=O) groups is 2. The van der Waals surface area contributed by atoms with Gasteiger partial charge in [0.25, 0.3) is 0 Å². The number of rotatable bonds is 9. The van der Waals surface area contributed by atoms with Gasteiger partial charge in [0, 0.05) is 30.5 Å². The zero-order valence-electron chi connectivity index (χ0n) is 23.7. The second kappa shape index (κ2) is 12.2. The molecule has 1 aliphatic carbocycles. The first-order valence-electron chi connectivity index (χ1n) is 13.9. The molecule has 2 heterocycles. The normalized spacial score (nSPS) is 16.4. The number of halogens is 3. The lowest BCUT2D eigenvalue weighted by Crippen LogP contribution is -2.39. The lowest BCUT2D eigenvalue weighted by molar-refractivity contribution is -0.155. The summed E-state index contributed by atoms with van der Waals surface area (Å²) in [5, 5.41) is 3.90. The molecule has 1 aliphatic heterocycles. The van der Waals surface area contributed by atoms with Crippen molar-refractivity contribution in [1.82, 2.24) is 14.7 Å². The molecule has 0 radical (unpaired) electrons. The Kier molecular flexibility index (Phi) is 9.12. The number of likely N-dealkylation sites (N-methyl/N-ethyl adjacent to an activating group) is 1. The van der Waals surface area contributed by atoms with Crippen LogP contribution < -0.4 is 9.64 Å². The van der Waals surface area contributed by atoms with Crippen molar-refractivity contribution in [1.29, 1.82) is 0 Å². The minimum Gasteiger partial charge on any atom is -0.489 e. The SMILES string of the molecule is CN(CCC(=O)OC(C)(C)C)CC(=O)N1CCc2cc(OCc3cn(C4CCCCC4)nc3C(F)(F)F)ccc21. The van der Waals surface area contributed by atoms with Gasteiger partial charge in [-0.2, -0.15) is 18.3 Å². The van der Waals surface area contributed by atoms with E-state index in [1.54, 1.807) is 35.0 Å². The summed E-state index contributed by atoms with van der Waals surface area (Å²) in [5.74, 6) is 0.0413. The molecule has 0 bridgehead atoms. The average Bonchev–Trinajstić information content (AvgIpc) is 3.50. The first kappa shape index (κ1) is 29.9. The maximum Gasteiger partial charge on any atom is 0.435 e. The minimum atomic E-state index is -4.56. The number of nitrogens with zero attached hydrogens (tertiary/aromatic N) is 4. The highest BCUT2D eigenvalue weighted by molar-refractivity contribution is 5.96. The second-order valence-electron chi connectivity index (χ2n) is 11.7. The van der Waals surface area contributed by atoms with Gasteiger partial charge in [-0.3, -0.25) is 19.2 Å². The topological polar surface area (TPSA) is 76.9 Å². The van der Waals surface area contributed by atoms with Gasteiger partial charge in [0.15, 0.2) is 5.69 Å². The van der Waals surface area contributed by atoms with Crippen molar-refractivity contribution in [3.63, 3.8) is 0 Å². The highest BCUT2D eigenvalue weighted by Crippen LogP contribution is 2.36. The van der Waals surface area contributed by atoms with E-state index in [1.807, 2.05) is 20.8 Å². The van der Waals surface area contributed by atoms with Gasteiger partial charge in [0.2, 0.25) is 5.91 Å². The van der Waals surface area contributed by atoms with Crippen LogP contribution in [0.2, 0.25) is 0 Å². The molecule has 220 valence electrons. The third-order valence-corrected chi connectivity index (χ3v) is 7.19. The van der Waals surface area contributed by atoms with Crippen LogP contribution in [0, 0.1) is 0 Å². The van der Waals surface area contributed by atoms with E-state index in [9.17, 15) is 22.8 Å². The molecule has 0 spiro atoms. The maximum absolute atomic E-state index is 13.7. The predicted octanol–water partition coefficient (Wildman–Crippen LogP) is 5.54. The fourth-order valence-corrected chi connectivity index (χ4v) is 5.26. The molecule has 2 aliphatic rings. The molecule has 11 heteroatoms. The summed E-state index contributed by atoms with van der Waals surface area (Å²) in [6, 6.07) is 5.22. The smallest absolute Gasteiger partial charge is 0.435 e. The van der Waals surface area contributed by atoms with Crippen LogP contribution >= 0.6 is 0 Å². The lowest BCUT2D eigenvalue weighted by atomic mass is 9.96. The third kappa shape index (κ3) is 7.77. The van der Waals surface area contributed by atoms with E-state index in [0.717, 1.165) is 43.4 Å². The van der Waals surface area contributed by atoms with Crippen molar-refractivity contribution in [2.45, 2.75) is 90.1 Å². The molecular weight excluding hydrogens is 525 g/mol. The molecule has 1 fully saturated rings. The van der Waals surface area contributed by atoms with Crippen LogP contribution in [0.1, 0.15) is 82.2 Å². The summed E-state index contributed by atoms with van der Waals surface area (Å²) in [6.45, 7) is 6.23. The van der Waals surface area contributed by atoms with Gasteiger partial charge in [-0.15, -0.1) is 0 Å². The molecule has 2 aromatic rings. The van der Waals surface area contributed by atoms with Gasteiger partial charge in [-0.05, 0) is 70.8 Å². The van der Waals surface area contributed by atoms with Gasteiger partial charge in [-0.1, -0.05) is 19.3 Å². The largest absolute Gasteiger partial charge is 0.489 e. The van der Waals surface area contributed by atoms with E-state index in [0.29, 0.717) is 25.3 Å². The van der Waals surface area contributed by atoms with Gasteiger partial charge in [-0.25, -0.2) is 0 Å². The fraction of sp³-hybridized carbons (Fsp3) is 0.621. The number of benzene rings is 1. The van der Waals surface area contributed by atoms with Crippen LogP contribution in [0.5, 0.6) is 5.75 Å². The number of ether oxygens (including phenoxy) is 2.